The van der Waals surface area contributed by atoms with E-state index in [1.807, 2.05) is 49.4 Å². The van der Waals surface area contributed by atoms with Gasteiger partial charge in [-0.2, -0.15) is 0 Å². The van der Waals surface area contributed by atoms with Crippen LogP contribution in [0.5, 0.6) is 11.5 Å². The molecule has 0 atom stereocenters. The van der Waals surface area contributed by atoms with E-state index in [1.165, 1.54) is 0 Å². The number of aliphatic imine (C=N–C) groups is 1. The van der Waals surface area contributed by atoms with Gasteiger partial charge in [0.05, 0.1) is 33.0 Å². The van der Waals surface area contributed by atoms with E-state index in [9.17, 15) is 0 Å². The molecule has 7 heteroatoms. The Bertz CT molecular complexity index is 1040. The summed E-state index contributed by atoms with van der Waals surface area (Å²) in [6.07, 6.45) is 4.19. The van der Waals surface area contributed by atoms with Crippen LogP contribution in [0.15, 0.2) is 70.8 Å². The van der Waals surface area contributed by atoms with Gasteiger partial charge in [0, 0.05) is 17.7 Å². The topological polar surface area (TPSA) is 80.9 Å². The Labute approximate surface area is 189 Å². The quantitative estimate of drug-likeness (QED) is 0.281. The normalized spacial score (nSPS) is 11.2. The van der Waals surface area contributed by atoms with Crippen LogP contribution in [0.4, 0.5) is 0 Å². The van der Waals surface area contributed by atoms with E-state index in [-0.39, 0.29) is 0 Å². The highest BCUT2D eigenvalue weighted by molar-refractivity contribution is 5.79. The average molecular weight is 435 g/mol. The lowest BCUT2D eigenvalue weighted by Crippen LogP contribution is -2.36. The van der Waals surface area contributed by atoms with Gasteiger partial charge < -0.3 is 24.5 Å². The van der Waals surface area contributed by atoms with Crippen molar-refractivity contribution in [2.45, 2.75) is 26.4 Å². The van der Waals surface area contributed by atoms with Crippen molar-refractivity contribution in [1.82, 2.24) is 15.6 Å². The molecule has 0 unspecified atom stereocenters. The molecule has 3 rings (SSSR count). The minimum absolute atomic E-state index is 0.480. The summed E-state index contributed by atoms with van der Waals surface area (Å²) in [5.41, 5.74) is 3.78. The Morgan fingerprint density at radius 3 is 2.66 bits per heavy atom. The fourth-order valence-electron chi connectivity index (χ4n) is 3.29. The van der Waals surface area contributed by atoms with Crippen molar-refractivity contribution in [3.05, 3.63) is 78.2 Å². The number of allylic oxidation sites excluding steroid dienone is 1. The molecule has 0 saturated heterocycles. The molecule has 0 radical (unpaired) electrons. The molecule has 1 aromatic heterocycles. The van der Waals surface area contributed by atoms with Crippen LogP contribution in [0.25, 0.3) is 11.5 Å². The lowest BCUT2D eigenvalue weighted by atomic mass is 10.1. The van der Waals surface area contributed by atoms with Gasteiger partial charge in [0.1, 0.15) is 6.26 Å². The second kappa shape index (κ2) is 11.6. The van der Waals surface area contributed by atoms with Crippen LogP contribution in [0.1, 0.15) is 23.7 Å². The number of hydrogen-bond acceptors (Lipinski definition) is 5. The first-order valence-electron chi connectivity index (χ1n) is 10.5. The van der Waals surface area contributed by atoms with Crippen molar-refractivity contribution < 1.29 is 13.9 Å². The molecule has 2 N–H and O–H groups in total. The van der Waals surface area contributed by atoms with Crippen LogP contribution in [0.3, 0.4) is 0 Å². The number of hydrogen-bond donors (Lipinski definition) is 2. The molecule has 0 saturated carbocycles. The molecule has 0 amide bonds. The number of nitrogens with one attached hydrogen (secondary N) is 2. The Balaban J connectivity index is 1.71. The van der Waals surface area contributed by atoms with Crippen molar-refractivity contribution in [2.75, 3.05) is 20.8 Å². The third-order valence-electron chi connectivity index (χ3n) is 4.75. The second-order valence-electron chi connectivity index (χ2n) is 7.04. The van der Waals surface area contributed by atoms with E-state index in [4.69, 9.17) is 18.9 Å². The fourth-order valence-corrected chi connectivity index (χ4v) is 3.29. The summed E-state index contributed by atoms with van der Waals surface area (Å²) in [6.45, 7) is 7.58. The molecule has 0 aliphatic carbocycles. The minimum Gasteiger partial charge on any atom is -0.493 e. The summed E-state index contributed by atoms with van der Waals surface area (Å²) in [4.78, 5) is 9.26. The average Bonchev–Trinajstić information content (AvgIpc) is 3.30. The number of guanidine groups is 1. The Morgan fingerprint density at radius 2 is 1.97 bits per heavy atom. The molecule has 3 aromatic rings. The summed E-state index contributed by atoms with van der Waals surface area (Å²) < 4.78 is 16.6. The first kappa shape index (κ1) is 22.9. The number of ether oxygens (including phenoxy) is 2. The smallest absolute Gasteiger partial charge is 0.226 e. The highest BCUT2D eigenvalue weighted by Crippen LogP contribution is 2.33. The molecule has 1 heterocycles. The van der Waals surface area contributed by atoms with Gasteiger partial charge in [-0.1, -0.05) is 24.3 Å². The van der Waals surface area contributed by atoms with Gasteiger partial charge in [-0.05, 0) is 43.2 Å². The summed E-state index contributed by atoms with van der Waals surface area (Å²) in [5, 5.41) is 6.57. The van der Waals surface area contributed by atoms with Gasteiger partial charge in [-0.3, -0.25) is 0 Å². The SMILES string of the molecule is C=CCc1cc(CN=C(NCC)NCc2coc(-c3ccccc3)n2)cc(OC)c1OC. The van der Waals surface area contributed by atoms with Gasteiger partial charge in [0.15, 0.2) is 17.5 Å². The number of rotatable bonds is 10. The Morgan fingerprint density at radius 1 is 1.16 bits per heavy atom. The molecule has 0 spiro atoms. The van der Waals surface area contributed by atoms with Crippen molar-refractivity contribution in [3.8, 4) is 23.0 Å². The molecule has 7 nitrogen and oxygen atoms in total. The van der Waals surface area contributed by atoms with Crippen molar-refractivity contribution in [1.29, 1.82) is 0 Å². The first-order chi connectivity index (χ1) is 15.7. The first-order valence-corrected chi connectivity index (χ1v) is 10.5. The molecule has 2 aromatic carbocycles. The molecule has 168 valence electrons. The van der Waals surface area contributed by atoms with Crippen LogP contribution in [0.2, 0.25) is 0 Å². The van der Waals surface area contributed by atoms with Gasteiger partial charge in [-0.15, -0.1) is 6.58 Å². The maximum Gasteiger partial charge on any atom is 0.226 e. The zero-order valence-corrected chi connectivity index (χ0v) is 18.9. The van der Waals surface area contributed by atoms with E-state index in [2.05, 4.69) is 28.3 Å². The summed E-state index contributed by atoms with van der Waals surface area (Å²) >= 11 is 0. The van der Waals surface area contributed by atoms with Gasteiger partial charge in [0.25, 0.3) is 0 Å². The van der Waals surface area contributed by atoms with Crippen LogP contribution in [0, 0.1) is 0 Å². The predicted molar refractivity (Wildman–Crippen MR) is 127 cm³/mol. The lowest BCUT2D eigenvalue weighted by Gasteiger charge is -2.14. The van der Waals surface area contributed by atoms with Crippen molar-refractivity contribution >= 4 is 5.96 Å². The summed E-state index contributed by atoms with van der Waals surface area (Å²) in [5.74, 6) is 2.71. The molecular formula is C25H30N4O3. The number of aromatic nitrogens is 1. The third-order valence-corrected chi connectivity index (χ3v) is 4.75. The van der Waals surface area contributed by atoms with E-state index >= 15 is 0 Å². The number of benzene rings is 2. The molecule has 32 heavy (non-hydrogen) atoms. The summed E-state index contributed by atoms with van der Waals surface area (Å²) in [7, 11) is 3.28. The van der Waals surface area contributed by atoms with E-state index in [1.54, 1.807) is 20.5 Å². The van der Waals surface area contributed by atoms with Crippen LogP contribution in [-0.2, 0) is 19.5 Å². The molecule has 0 fully saturated rings. The van der Waals surface area contributed by atoms with Crippen molar-refractivity contribution in [3.63, 3.8) is 0 Å². The van der Waals surface area contributed by atoms with E-state index in [0.29, 0.717) is 37.1 Å². The molecule has 0 bridgehead atoms. The van der Waals surface area contributed by atoms with Gasteiger partial charge in [0.2, 0.25) is 5.89 Å². The second-order valence-corrected chi connectivity index (χ2v) is 7.04. The Hall–Kier alpha value is -3.74. The zero-order chi connectivity index (χ0) is 22.8. The monoisotopic (exact) mass is 434 g/mol. The standard InChI is InChI=1S/C25H30N4O3/c1-5-10-20-13-18(14-22(30-3)23(20)31-4)15-27-25(26-6-2)28-16-21-17-32-24(29-21)19-11-8-7-9-12-19/h5,7-9,11-14,17H,1,6,10,15-16H2,2-4H3,(H2,26,27,28). The Kier molecular flexibility index (Phi) is 8.31. The third kappa shape index (κ3) is 5.91. The molecular weight excluding hydrogens is 404 g/mol. The maximum atomic E-state index is 5.61. The van der Waals surface area contributed by atoms with Gasteiger partial charge >= 0.3 is 0 Å². The van der Waals surface area contributed by atoms with Crippen LogP contribution in [-0.4, -0.2) is 31.7 Å². The molecule has 0 aliphatic rings. The minimum atomic E-state index is 0.480. The lowest BCUT2D eigenvalue weighted by molar-refractivity contribution is 0.352. The number of oxazole rings is 1. The predicted octanol–water partition coefficient (Wildman–Crippen LogP) is 4.34. The van der Waals surface area contributed by atoms with Crippen LogP contribution < -0.4 is 20.1 Å². The largest absolute Gasteiger partial charge is 0.493 e. The number of nitrogens with zero attached hydrogens (tertiary/aromatic N) is 2. The number of methoxy groups -OCH3 is 2. The fraction of sp³-hybridized carbons (Fsp3) is 0.280. The molecule has 0 aliphatic heterocycles. The van der Waals surface area contributed by atoms with Gasteiger partial charge in [-0.25, -0.2) is 9.98 Å². The van der Waals surface area contributed by atoms with E-state index in [0.717, 1.165) is 34.7 Å². The summed E-state index contributed by atoms with van der Waals surface area (Å²) in [6, 6.07) is 13.8. The van der Waals surface area contributed by atoms with Crippen LogP contribution >= 0.6 is 0 Å². The highest BCUT2D eigenvalue weighted by atomic mass is 16.5. The van der Waals surface area contributed by atoms with Crippen molar-refractivity contribution in [2.24, 2.45) is 4.99 Å². The highest BCUT2D eigenvalue weighted by Gasteiger charge is 2.12. The maximum absolute atomic E-state index is 5.61. The van der Waals surface area contributed by atoms with E-state index < -0.39 is 0 Å². The zero-order valence-electron chi connectivity index (χ0n) is 18.9.